The molecule has 0 bridgehead atoms. The molecule has 2 N–H and O–H groups in total. The molecule has 3 aromatic rings. The zero-order valence-corrected chi connectivity index (χ0v) is 30.9. The lowest BCUT2D eigenvalue weighted by atomic mass is 9.86. The highest BCUT2D eigenvalue weighted by Crippen LogP contribution is 2.38. The molecular formula is C38H48N3O11S-. The molecule has 0 spiro atoms. The zero-order valence-electron chi connectivity index (χ0n) is 30.1. The van der Waals surface area contributed by atoms with Crippen molar-refractivity contribution in [1.82, 2.24) is 14.5 Å². The van der Waals surface area contributed by atoms with E-state index in [1.54, 1.807) is 12.1 Å². The van der Waals surface area contributed by atoms with Gasteiger partial charge in [0.05, 0.1) is 42.6 Å². The standard InChI is InChI=1S/C38H49N3O11S/c1-38(2,16-7-4-8-17-39-35(43)33-12-9-18-48-33)24-40(53(46,47)27-13-14-32-34(21-27)52-25-51-32)22-31(42)29(20-26-10-5-3-6-11-26)41(37(44)45)30-23-50-36-28(30)15-19-49-36/h3,5-6,9-14,18,21,28-31,36,42H,4,7-8,15-17,19-20,22-25H2,1-2H3,(H,39,43)(H,44,45)/p-1/t28-,29-,30-,31+,36+/m0/s1. The van der Waals surface area contributed by atoms with Crippen molar-refractivity contribution < 1.29 is 51.6 Å². The molecule has 0 aliphatic carbocycles. The quantitative estimate of drug-likeness (QED) is 0.182. The average Bonchev–Trinajstić information content (AvgIpc) is 3.96. The van der Waals surface area contributed by atoms with Gasteiger partial charge in [-0.1, -0.05) is 57.0 Å². The van der Waals surface area contributed by atoms with E-state index >= 15 is 0 Å². The number of carbonyl (C=O) groups is 2. The first-order valence-electron chi connectivity index (χ1n) is 18.1. The maximum atomic E-state index is 14.5. The number of fused-ring (bicyclic) bond motifs is 2. The van der Waals surface area contributed by atoms with Gasteiger partial charge in [-0.2, -0.15) is 4.31 Å². The van der Waals surface area contributed by atoms with E-state index in [1.165, 1.54) is 28.8 Å². The molecule has 2 fully saturated rings. The number of carbonyl (C=O) groups excluding carboxylic acids is 2. The van der Waals surface area contributed by atoms with Gasteiger partial charge in [-0.05, 0) is 60.9 Å². The Hall–Kier alpha value is -4.15. The first-order chi connectivity index (χ1) is 25.4. The maximum Gasteiger partial charge on any atom is 0.286 e. The lowest BCUT2D eigenvalue weighted by molar-refractivity contribution is -0.273. The normalized spacial score (nSPS) is 20.6. The van der Waals surface area contributed by atoms with E-state index in [-0.39, 0.29) is 48.8 Å². The molecule has 0 unspecified atom stereocenters. The van der Waals surface area contributed by atoms with Crippen LogP contribution in [0.3, 0.4) is 0 Å². The van der Waals surface area contributed by atoms with Crippen molar-refractivity contribution >= 4 is 22.0 Å². The van der Waals surface area contributed by atoms with Crippen LogP contribution in [0.25, 0.3) is 0 Å². The third-order valence-corrected chi connectivity index (χ3v) is 12.0. The number of unbranched alkanes of at least 4 members (excludes halogenated alkanes) is 2. The Morgan fingerprint density at radius 1 is 1.02 bits per heavy atom. The lowest BCUT2D eigenvalue weighted by Crippen LogP contribution is -2.61. The predicted octanol–water partition coefficient (Wildman–Crippen LogP) is 3.39. The molecule has 0 saturated carbocycles. The van der Waals surface area contributed by atoms with Gasteiger partial charge in [-0.15, -0.1) is 0 Å². The monoisotopic (exact) mass is 754 g/mol. The number of hydrogen-bond acceptors (Lipinski definition) is 11. The highest BCUT2D eigenvalue weighted by atomic mass is 32.2. The van der Waals surface area contributed by atoms with Gasteiger partial charge in [0.2, 0.25) is 16.8 Å². The van der Waals surface area contributed by atoms with Crippen molar-refractivity contribution in [3.8, 4) is 11.5 Å². The number of benzene rings is 2. The Kier molecular flexibility index (Phi) is 12.3. The van der Waals surface area contributed by atoms with E-state index in [1.807, 2.05) is 44.2 Å². The fourth-order valence-electron chi connectivity index (χ4n) is 7.44. The van der Waals surface area contributed by atoms with Gasteiger partial charge in [0.15, 0.2) is 23.5 Å². The van der Waals surface area contributed by atoms with Crippen LogP contribution in [0.4, 0.5) is 4.79 Å². The summed E-state index contributed by atoms with van der Waals surface area (Å²) in [5.74, 6) is 0.447. The lowest BCUT2D eigenvalue weighted by Gasteiger charge is -2.43. The minimum atomic E-state index is -4.25. The molecular weight excluding hydrogens is 706 g/mol. The average molecular weight is 755 g/mol. The van der Waals surface area contributed by atoms with Crippen LogP contribution in [0.5, 0.6) is 11.5 Å². The largest absolute Gasteiger partial charge is 0.530 e. The molecule has 14 nitrogen and oxygen atoms in total. The smallest absolute Gasteiger partial charge is 0.286 e. The molecule has 2 amide bonds. The minimum absolute atomic E-state index is 0.0289. The highest BCUT2D eigenvalue weighted by molar-refractivity contribution is 7.89. The molecule has 53 heavy (non-hydrogen) atoms. The molecule has 3 aliphatic heterocycles. The first-order valence-corrected chi connectivity index (χ1v) is 19.5. The summed E-state index contributed by atoms with van der Waals surface area (Å²) in [6, 6.07) is 15.1. The van der Waals surface area contributed by atoms with Gasteiger partial charge in [0, 0.05) is 31.6 Å². The van der Waals surface area contributed by atoms with Gasteiger partial charge >= 0.3 is 0 Å². The second kappa shape index (κ2) is 16.9. The fourth-order valence-corrected chi connectivity index (χ4v) is 9.11. The number of furan rings is 1. The van der Waals surface area contributed by atoms with Crippen LogP contribution in [0.15, 0.2) is 76.2 Å². The van der Waals surface area contributed by atoms with Crippen LogP contribution in [0.1, 0.15) is 62.1 Å². The second-order valence-electron chi connectivity index (χ2n) is 14.6. The van der Waals surface area contributed by atoms with Crippen LogP contribution < -0.4 is 19.9 Å². The number of hydrogen-bond donors (Lipinski definition) is 2. The topological polar surface area (TPSA) is 180 Å². The summed E-state index contributed by atoms with van der Waals surface area (Å²) < 4.78 is 57.7. The molecule has 0 radical (unpaired) electrons. The zero-order chi connectivity index (χ0) is 37.6. The number of amides is 2. The molecule has 5 atom stereocenters. The van der Waals surface area contributed by atoms with E-state index < -0.39 is 52.6 Å². The predicted molar refractivity (Wildman–Crippen MR) is 189 cm³/mol. The Bertz CT molecular complexity index is 1790. The third-order valence-electron chi connectivity index (χ3n) is 10.2. The van der Waals surface area contributed by atoms with Crippen molar-refractivity contribution in [2.45, 2.75) is 81.7 Å². The summed E-state index contributed by atoms with van der Waals surface area (Å²) >= 11 is 0. The van der Waals surface area contributed by atoms with Gasteiger partial charge in [0.1, 0.15) is 6.09 Å². The molecule has 2 aromatic carbocycles. The van der Waals surface area contributed by atoms with Crippen molar-refractivity contribution in [2.24, 2.45) is 11.3 Å². The molecule has 6 rings (SSSR count). The number of aliphatic hydroxyl groups excluding tert-OH is 1. The SMILES string of the molecule is CC(C)(CCCCCNC(=O)c1ccco1)CN(C[C@@H](O)[C@H](Cc1ccccc1)N(C(=O)[O-])[C@H]1CO[C@H]2OCC[C@H]21)S(=O)(=O)c1ccc2c(c1)OCO2. The number of sulfonamides is 1. The van der Waals surface area contributed by atoms with Gasteiger partial charge in [-0.25, -0.2) is 8.42 Å². The highest BCUT2D eigenvalue weighted by Gasteiger charge is 2.47. The van der Waals surface area contributed by atoms with Crippen molar-refractivity contribution in [3.05, 3.63) is 78.3 Å². The fraction of sp³-hybridized carbons (Fsp3) is 0.526. The summed E-state index contributed by atoms with van der Waals surface area (Å²) in [6.45, 7) is 4.50. The molecule has 3 aliphatic rings. The molecule has 288 valence electrons. The van der Waals surface area contributed by atoms with Gasteiger partial charge in [-0.3, -0.25) is 4.79 Å². The maximum absolute atomic E-state index is 14.5. The van der Waals surface area contributed by atoms with Crippen LogP contribution >= 0.6 is 0 Å². The first kappa shape index (κ1) is 38.6. The number of nitrogens with one attached hydrogen (secondary N) is 1. The van der Waals surface area contributed by atoms with Crippen LogP contribution in [-0.2, 0) is 25.9 Å². The van der Waals surface area contributed by atoms with E-state index in [2.05, 4.69) is 5.32 Å². The summed E-state index contributed by atoms with van der Waals surface area (Å²) in [7, 11) is -4.25. The van der Waals surface area contributed by atoms with Crippen molar-refractivity contribution in [1.29, 1.82) is 0 Å². The van der Waals surface area contributed by atoms with E-state index in [0.717, 1.165) is 29.7 Å². The molecule has 4 heterocycles. The summed E-state index contributed by atoms with van der Waals surface area (Å²) in [6.07, 6.45) is 1.57. The van der Waals surface area contributed by atoms with Crippen LogP contribution in [-0.4, -0.2) is 98.8 Å². The minimum Gasteiger partial charge on any atom is -0.530 e. The molecule has 2 saturated heterocycles. The summed E-state index contributed by atoms with van der Waals surface area (Å²) in [4.78, 5) is 26.3. The van der Waals surface area contributed by atoms with Gasteiger partial charge < -0.3 is 48.6 Å². The third kappa shape index (κ3) is 9.33. The number of rotatable bonds is 18. The Labute approximate surface area is 310 Å². The summed E-state index contributed by atoms with van der Waals surface area (Å²) in [5.41, 5.74) is 0.212. The number of aliphatic hydroxyl groups is 1. The van der Waals surface area contributed by atoms with Crippen LogP contribution in [0.2, 0.25) is 0 Å². The number of carboxylic acid groups (broad SMARTS) is 1. The van der Waals surface area contributed by atoms with Gasteiger partial charge in [0.25, 0.3) is 5.91 Å². The van der Waals surface area contributed by atoms with Crippen molar-refractivity contribution in [2.75, 3.05) is 39.6 Å². The van der Waals surface area contributed by atoms with E-state index in [0.29, 0.717) is 37.5 Å². The molecule has 1 aromatic heterocycles. The van der Waals surface area contributed by atoms with Crippen LogP contribution in [0, 0.1) is 11.3 Å². The number of nitrogens with zero attached hydrogens (tertiary/aromatic N) is 2. The Balaban J connectivity index is 1.21. The number of ether oxygens (including phenoxy) is 4. The molecule has 15 heteroatoms. The van der Waals surface area contributed by atoms with E-state index in [4.69, 9.17) is 23.4 Å². The Morgan fingerprint density at radius 2 is 1.81 bits per heavy atom. The second-order valence-corrected chi connectivity index (χ2v) is 16.5. The van der Waals surface area contributed by atoms with Crippen molar-refractivity contribution in [3.63, 3.8) is 0 Å². The van der Waals surface area contributed by atoms with E-state index in [9.17, 15) is 28.2 Å². The summed E-state index contributed by atoms with van der Waals surface area (Å²) in [5, 5.41) is 27.9. The Morgan fingerprint density at radius 3 is 2.57 bits per heavy atom.